The second-order valence-corrected chi connectivity index (χ2v) is 3.95. The smallest absolute Gasteiger partial charge is 0.269 e. The summed E-state index contributed by atoms with van der Waals surface area (Å²) in [7, 11) is 2.60. The predicted octanol–water partition coefficient (Wildman–Crippen LogP) is 1.05. The Labute approximate surface area is 76.6 Å². The Bertz CT molecular complexity index is 123. The van der Waals surface area contributed by atoms with Crippen LogP contribution in [0.1, 0.15) is 13.3 Å². The maximum atomic E-state index is 5.48. The number of rotatable bonds is 7. The Morgan fingerprint density at radius 1 is 1.42 bits per heavy atom. The molecule has 0 saturated heterocycles. The summed E-state index contributed by atoms with van der Waals surface area (Å²) < 4.78 is 15.5. The molecule has 0 aromatic heterocycles. The summed E-state index contributed by atoms with van der Waals surface area (Å²) in [5.41, 5.74) is 0. The van der Waals surface area contributed by atoms with Crippen molar-refractivity contribution in [2.45, 2.75) is 25.4 Å². The second-order valence-electron chi connectivity index (χ2n) is 2.55. The van der Waals surface area contributed by atoms with Crippen molar-refractivity contribution in [1.29, 1.82) is 0 Å². The van der Waals surface area contributed by atoms with Crippen LogP contribution >= 0.6 is 0 Å². The molecule has 0 amide bonds. The van der Waals surface area contributed by atoms with Crippen LogP contribution in [0.3, 0.4) is 0 Å². The highest BCUT2D eigenvalue weighted by atomic mass is 28.2. The van der Waals surface area contributed by atoms with E-state index >= 15 is 0 Å². The highest BCUT2D eigenvalue weighted by Gasteiger charge is 2.22. The highest BCUT2D eigenvalue weighted by molar-refractivity contribution is 6.27. The van der Waals surface area contributed by atoms with Gasteiger partial charge < -0.3 is 13.9 Å². The monoisotopic (exact) mass is 190 g/mol. The lowest BCUT2D eigenvalue weighted by atomic mass is 10.5. The number of hydrogen-bond acceptors (Lipinski definition) is 3. The summed E-state index contributed by atoms with van der Waals surface area (Å²) >= 11 is 0. The zero-order valence-electron chi connectivity index (χ0n) is 8.13. The Morgan fingerprint density at radius 2 is 2.00 bits per heavy atom. The molecule has 12 heavy (non-hydrogen) atoms. The van der Waals surface area contributed by atoms with Gasteiger partial charge in [0.05, 0.1) is 0 Å². The third-order valence-corrected chi connectivity index (χ3v) is 3.08. The molecule has 72 valence electrons. The summed E-state index contributed by atoms with van der Waals surface area (Å²) in [6.07, 6.45) is 2.91. The topological polar surface area (TPSA) is 27.7 Å². The van der Waals surface area contributed by atoms with Crippen molar-refractivity contribution in [1.82, 2.24) is 0 Å². The van der Waals surface area contributed by atoms with E-state index in [1.807, 2.05) is 6.08 Å². The van der Waals surface area contributed by atoms with Crippen LogP contribution in [0.25, 0.3) is 0 Å². The van der Waals surface area contributed by atoms with Crippen LogP contribution in [-0.2, 0) is 13.9 Å². The van der Waals surface area contributed by atoms with E-state index in [0.29, 0.717) is 0 Å². The first-order valence-corrected chi connectivity index (χ1v) is 5.61. The lowest BCUT2D eigenvalue weighted by Crippen LogP contribution is -2.34. The molecule has 0 aromatic rings. The normalized spacial score (nSPS) is 12.6. The van der Waals surface area contributed by atoms with Gasteiger partial charge in [0, 0.05) is 21.1 Å². The van der Waals surface area contributed by atoms with Crippen LogP contribution in [0.2, 0.25) is 6.04 Å². The van der Waals surface area contributed by atoms with E-state index in [1.165, 1.54) is 0 Å². The third-order valence-electron chi connectivity index (χ3n) is 1.66. The molecule has 3 nitrogen and oxygen atoms in total. The molecule has 0 fully saturated rings. The van der Waals surface area contributed by atoms with E-state index in [4.69, 9.17) is 13.9 Å². The summed E-state index contributed by atoms with van der Waals surface area (Å²) in [6, 6.07) is 1.08. The van der Waals surface area contributed by atoms with Crippen molar-refractivity contribution < 1.29 is 13.9 Å². The number of allylic oxidation sites excluding steroid dienone is 1. The minimum atomic E-state index is -0.840. The van der Waals surface area contributed by atoms with Gasteiger partial charge in [-0.15, -0.1) is 6.58 Å². The van der Waals surface area contributed by atoms with Crippen molar-refractivity contribution in [3.8, 4) is 0 Å². The molecule has 0 spiro atoms. The van der Waals surface area contributed by atoms with Gasteiger partial charge in [-0.05, 0) is 12.5 Å². The molecular weight excluding hydrogens is 172 g/mol. The molecule has 0 saturated carbocycles. The molecule has 0 aliphatic rings. The summed E-state index contributed by atoms with van der Waals surface area (Å²) in [6.45, 7) is 5.41. The largest absolute Gasteiger partial charge is 0.376 e. The average Bonchev–Trinajstić information content (AvgIpc) is 2.12. The standard InChI is InChI=1S/C8H18O3Si/c1-5-6-7-12-11-8(2,9-3)10-4/h5H,1,6-7,12H2,2-4H3. The second kappa shape index (κ2) is 6.36. The molecule has 0 rings (SSSR count). The molecule has 4 heteroatoms. The van der Waals surface area contributed by atoms with E-state index in [0.717, 1.165) is 12.5 Å². The van der Waals surface area contributed by atoms with Gasteiger partial charge in [0.15, 0.2) is 9.76 Å². The van der Waals surface area contributed by atoms with Gasteiger partial charge in [0.1, 0.15) is 0 Å². The van der Waals surface area contributed by atoms with Gasteiger partial charge in [-0.1, -0.05) is 6.08 Å². The van der Waals surface area contributed by atoms with Gasteiger partial charge in [0.2, 0.25) is 0 Å². The molecule has 0 aliphatic heterocycles. The van der Waals surface area contributed by atoms with E-state index < -0.39 is 15.7 Å². The van der Waals surface area contributed by atoms with E-state index in [2.05, 4.69) is 6.58 Å². The van der Waals surface area contributed by atoms with Gasteiger partial charge in [-0.3, -0.25) is 0 Å². The minimum absolute atomic E-state index is 0.547. The fourth-order valence-corrected chi connectivity index (χ4v) is 1.89. The van der Waals surface area contributed by atoms with Gasteiger partial charge in [0.25, 0.3) is 5.97 Å². The first kappa shape index (κ1) is 11.8. The summed E-state index contributed by atoms with van der Waals surface area (Å²) in [5.74, 6) is -0.840. The fraction of sp³-hybridized carbons (Fsp3) is 0.750. The SMILES string of the molecule is C=CCC[SiH2]OC(C)(OC)OC. The van der Waals surface area contributed by atoms with E-state index in [-0.39, 0.29) is 0 Å². The van der Waals surface area contributed by atoms with Gasteiger partial charge >= 0.3 is 0 Å². The van der Waals surface area contributed by atoms with E-state index in [1.54, 1.807) is 21.1 Å². The Morgan fingerprint density at radius 3 is 2.42 bits per heavy atom. The van der Waals surface area contributed by atoms with Crippen LogP contribution in [0.15, 0.2) is 12.7 Å². The van der Waals surface area contributed by atoms with Crippen molar-refractivity contribution in [3.63, 3.8) is 0 Å². The molecular formula is C8H18O3Si. The molecule has 0 aromatic carbocycles. The summed E-state index contributed by atoms with van der Waals surface area (Å²) in [5, 5.41) is 0. The quantitative estimate of drug-likeness (QED) is 0.260. The number of ether oxygens (including phenoxy) is 2. The molecule has 0 atom stereocenters. The molecule has 0 radical (unpaired) electrons. The van der Waals surface area contributed by atoms with Crippen LogP contribution in [0.5, 0.6) is 0 Å². The van der Waals surface area contributed by atoms with Crippen molar-refractivity contribution in [2.75, 3.05) is 14.2 Å². The average molecular weight is 190 g/mol. The molecule has 0 N–H and O–H groups in total. The number of hydrogen-bond donors (Lipinski definition) is 0. The Hall–Kier alpha value is -0.163. The van der Waals surface area contributed by atoms with Crippen LogP contribution in [0.4, 0.5) is 0 Å². The Kier molecular flexibility index (Phi) is 6.28. The number of methoxy groups -OCH3 is 2. The molecule has 0 aliphatic carbocycles. The van der Waals surface area contributed by atoms with Crippen LogP contribution in [-0.4, -0.2) is 30.0 Å². The fourth-order valence-electron chi connectivity index (χ4n) is 0.686. The van der Waals surface area contributed by atoms with Crippen LogP contribution < -0.4 is 0 Å². The molecule has 0 unspecified atom stereocenters. The maximum absolute atomic E-state index is 5.48. The zero-order chi connectivity index (χ0) is 9.45. The zero-order valence-corrected chi connectivity index (χ0v) is 9.54. The van der Waals surface area contributed by atoms with E-state index in [9.17, 15) is 0 Å². The maximum Gasteiger partial charge on any atom is 0.269 e. The third kappa shape index (κ3) is 4.66. The predicted molar refractivity (Wildman–Crippen MR) is 51.7 cm³/mol. The molecule has 0 heterocycles. The van der Waals surface area contributed by atoms with Crippen molar-refractivity contribution >= 4 is 9.76 Å². The molecule has 0 bridgehead atoms. The van der Waals surface area contributed by atoms with Crippen LogP contribution in [0, 0.1) is 0 Å². The van der Waals surface area contributed by atoms with Gasteiger partial charge in [-0.2, -0.15) is 0 Å². The lowest BCUT2D eigenvalue weighted by Gasteiger charge is -2.26. The first-order valence-electron chi connectivity index (χ1n) is 4.03. The summed E-state index contributed by atoms with van der Waals surface area (Å²) in [4.78, 5) is 0. The Balaban J connectivity index is 3.51. The van der Waals surface area contributed by atoms with Crippen molar-refractivity contribution in [3.05, 3.63) is 12.7 Å². The lowest BCUT2D eigenvalue weighted by molar-refractivity contribution is -0.310. The van der Waals surface area contributed by atoms with Crippen molar-refractivity contribution in [2.24, 2.45) is 0 Å². The minimum Gasteiger partial charge on any atom is -0.376 e. The highest BCUT2D eigenvalue weighted by Crippen LogP contribution is 2.11. The van der Waals surface area contributed by atoms with Gasteiger partial charge in [-0.25, -0.2) is 0 Å². The first-order chi connectivity index (χ1) is 5.68.